The molecule has 0 aromatic heterocycles. The van der Waals surface area contributed by atoms with Crippen LogP contribution in [-0.4, -0.2) is 18.1 Å². The van der Waals surface area contributed by atoms with Crippen molar-refractivity contribution in [2.24, 2.45) is 0 Å². The van der Waals surface area contributed by atoms with E-state index in [1.165, 1.54) is 18.2 Å². The van der Waals surface area contributed by atoms with Gasteiger partial charge in [-0.15, -0.1) is 0 Å². The molecule has 1 aromatic rings. The maximum Gasteiger partial charge on any atom is 0.259 e. The van der Waals surface area contributed by atoms with E-state index >= 15 is 0 Å². The molecule has 0 radical (unpaired) electrons. The molecule has 1 aliphatic carbocycles. The van der Waals surface area contributed by atoms with Crippen LogP contribution in [0.1, 0.15) is 25.7 Å². The minimum atomic E-state index is -0.763. The van der Waals surface area contributed by atoms with Crippen LogP contribution in [0.4, 0.5) is 4.39 Å². The number of hydrogen-bond acceptors (Lipinski definition) is 3. The molecule has 0 unspecified atom stereocenters. The molecule has 0 atom stereocenters. The van der Waals surface area contributed by atoms with Crippen LogP contribution in [0.15, 0.2) is 18.2 Å². The summed E-state index contributed by atoms with van der Waals surface area (Å²) in [6, 6.07) is 6.03. The van der Waals surface area contributed by atoms with Gasteiger partial charge < -0.3 is 10.1 Å². The molecule has 0 aliphatic heterocycles. The molecule has 2 rings (SSSR count). The van der Waals surface area contributed by atoms with E-state index in [1.807, 2.05) is 0 Å². The first kappa shape index (κ1) is 14.6. The number of ether oxygens (including phenoxy) is 1. The first-order valence-electron chi connectivity index (χ1n) is 6.35. The topological polar surface area (TPSA) is 62.1 Å². The van der Waals surface area contributed by atoms with Crippen molar-refractivity contribution in [1.82, 2.24) is 5.32 Å². The van der Waals surface area contributed by atoms with E-state index in [-0.39, 0.29) is 17.5 Å². The maximum atomic E-state index is 13.0. The van der Waals surface area contributed by atoms with Gasteiger partial charge in [0.15, 0.2) is 6.61 Å². The molecular formula is C14H14ClFN2O2. The summed E-state index contributed by atoms with van der Waals surface area (Å²) in [4.78, 5) is 11.8. The van der Waals surface area contributed by atoms with Crippen molar-refractivity contribution in [3.63, 3.8) is 0 Å². The largest absolute Gasteiger partial charge is 0.484 e. The van der Waals surface area contributed by atoms with E-state index in [0.29, 0.717) is 18.6 Å². The Bertz CT molecular complexity index is 551. The van der Waals surface area contributed by atoms with Crippen molar-refractivity contribution in [3.8, 4) is 11.8 Å². The van der Waals surface area contributed by atoms with Crippen LogP contribution in [0.3, 0.4) is 0 Å². The van der Waals surface area contributed by atoms with Gasteiger partial charge in [-0.25, -0.2) is 4.39 Å². The van der Waals surface area contributed by atoms with Gasteiger partial charge in [-0.1, -0.05) is 11.6 Å². The van der Waals surface area contributed by atoms with Crippen molar-refractivity contribution >= 4 is 17.5 Å². The molecule has 20 heavy (non-hydrogen) atoms. The molecule has 0 saturated heterocycles. The molecule has 1 N–H and O–H groups in total. The fourth-order valence-corrected chi connectivity index (χ4v) is 2.43. The highest BCUT2D eigenvalue weighted by Crippen LogP contribution is 2.28. The summed E-state index contributed by atoms with van der Waals surface area (Å²) in [6.07, 6.45) is 3.19. The summed E-state index contributed by atoms with van der Waals surface area (Å²) in [5.74, 6) is -0.601. The smallest absolute Gasteiger partial charge is 0.259 e. The Morgan fingerprint density at radius 3 is 2.80 bits per heavy atom. The van der Waals surface area contributed by atoms with E-state index in [2.05, 4.69) is 11.4 Å². The lowest BCUT2D eigenvalue weighted by atomic mass is 10.00. The van der Waals surface area contributed by atoms with E-state index < -0.39 is 11.4 Å². The van der Waals surface area contributed by atoms with Gasteiger partial charge in [0.1, 0.15) is 17.1 Å². The van der Waals surface area contributed by atoms with Crippen molar-refractivity contribution in [3.05, 3.63) is 29.0 Å². The van der Waals surface area contributed by atoms with Crippen LogP contribution in [-0.2, 0) is 4.79 Å². The number of nitrogens with zero attached hydrogens (tertiary/aromatic N) is 1. The Labute approximate surface area is 121 Å². The molecule has 0 bridgehead atoms. The van der Waals surface area contributed by atoms with Crippen LogP contribution in [0.5, 0.6) is 5.75 Å². The van der Waals surface area contributed by atoms with Gasteiger partial charge in [-0.2, -0.15) is 5.26 Å². The van der Waals surface area contributed by atoms with E-state index in [0.717, 1.165) is 12.8 Å². The molecule has 1 amide bonds. The highest BCUT2D eigenvalue weighted by Gasteiger charge is 2.35. The van der Waals surface area contributed by atoms with Gasteiger partial charge in [0, 0.05) is 6.07 Å². The third-order valence-electron chi connectivity index (χ3n) is 3.31. The predicted molar refractivity (Wildman–Crippen MR) is 71.9 cm³/mol. The van der Waals surface area contributed by atoms with Crippen molar-refractivity contribution in [2.75, 3.05) is 6.61 Å². The van der Waals surface area contributed by atoms with Gasteiger partial charge in [-0.05, 0) is 37.8 Å². The zero-order valence-electron chi connectivity index (χ0n) is 10.8. The normalized spacial score (nSPS) is 16.4. The molecule has 1 aliphatic rings. The Morgan fingerprint density at radius 2 is 2.20 bits per heavy atom. The fourth-order valence-electron chi connectivity index (χ4n) is 2.26. The van der Waals surface area contributed by atoms with Crippen molar-refractivity contribution < 1.29 is 13.9 Å². The van der Waals surface area contributed by atoms with Gasteiger partial charge >= 0.3 is 0 Å². The van der Waals surface area contributed by atoms with E-state index in [4.69, 9.17) is 21.6 Å². The Kier molecular flexibility index (Phi) is 4.46. The molecule has 4 nitrogen and oxygen atoms in total. The lowest BCUT2D eigenvalue weighted by molar-refractivity contribution is -0.124. The highest BCUT2D eigenvalue weighted by molar-refractivity contribution is 6.30. The zero-order valence-corrected chi connectivity index (χ0v) is 11.5. The second-order valence-corrected chi connectivity index (χ2v) is 5.22. The molecule has 1 fully saturated rings. The standard InChI is InChI=1S/C14H14ClFN2O2/c15-11-7-10(3-4-12(11)16)20-8-13(19)18-14(9-17)5-1-2-6-14/h3-4,7H,1-2,5-6,8H2,(H,18,19). The second kappa shape index (κ2) is 6.10. The van der Waals surface area contributed by atoms with Crippen LogP contribution < -0.4 is 10.1 Å². The summed E-state index contributed by atoms with van der Waals surface area (Å²) < 4.78 is 18.2. The number of rotatable bonds is 4. The first-order chi connectivity index (χ1) is 9.54. The minimum Gasteiger partial charge on any atom is -0.484 e. The van der Waals surface area contributed by atoms with Gasteiger partial charge in [-0.3, -0.25) is 4.79 Å². The predicted octanol–water partition coefficient (Wildman–Crippen LogP) is 2.81. The lowest BCUT2D eigenvalue weighted by Gasteiger charge is -2.21. The molecule has 0 heterocycles. The molecule has 0 spiro atoms. The number of hydrogen-bond donors (Lipinski definition) is 1. The van der Waals surface area contributed by atoms with Crippen LogP contribution in [0.2, 0.25) is 5.02 Å². The molecule has 1 saturated carbocycles. The number of nitrogens with one attached hydrogen (secondary N) is 1. The average Bonchev–Trinajstić information content (AvgIpc) is 2.89. The summed E-state index contributed by atoms with van der Waals surface area (Å²) in [5, 5.41) is 11.8. The third kappa shape index (κ3) is 3.40. The number of carbonyl (C=O) groups is 1. The Balaban J connectivity index is 1.89. The van der Waals surface area contributed by atoms with Gasteiger partial charge in [0.25, 0.3) is 5.91 Å². The van der Waals surface area contributed by atoms with Crippen molar-refractivity contribution in [1.29, 1.82) is 5.26 Å². The highest BCUT2D eigenvalue weighted by atomic mass is 35.5. The summed E-state index contributed by atoms with van der Waals surface area (Å²) >= 11 is 5.61. The quantitative estimate of drug-likeness (QED) is 0.929. The summed E-state index contributed by atoms with van der Waals surface area (Å²) in [6.45, 7) is -0.231. The van der Waals surface area contributed by atoms with E-state index in [9.17, 15) is 9.18 Å². The van der Waals surface area contributed by atoms with Gasteiger partial charge in [0.2, 0.25) is 0 Å². The molecule has 1 aromatic carbocycles. The van der Waals surface area contributed by atoms with Crippen LogP contribution in [0, 0.1) is 17.1 Å². The van der Waals surface area contributed by atoms with Gasteiger partial charge in [0.05, 0.1) is 11.1 Å². The Morgan fingerprint density at radius 1 is 1.50 bits per heavy atom. The number of benzene rings is 1. The first-order valence-corrected chi connectivity index (χ1v) is 6.73. The number of halogens is 2. The van der Waals surface area contributed by atoms with Crippen molar-refractivity contribution in [2.45, 2.75) is 31.2 Å². The zero-order chi connectivity index (χ0) is 14.6. The minimum absolute atomic E-state index is 0.0628. The molecular weight excluding hydrogens is 283 g/mol. The van der Waals surface area contributed by atoms with Crippen LogP contribution >= 0.6 is 11.6 Å². The summed E-state index contributed by atoms with van der Waals surface area (Å²) in [7, 11) is 0. The number of carbonyl (C=O) groups excluding carboxylic acids is 1. The SMILES string of the molecule is N#CC1(NC(=O)COc2ccc(F)c(Cl)c2)CCCC1. The van der Waals surface area contributed by atoms with E-state index in [1.54, 1.807) is 0 Å². The second-order valence-electron chi connectivity index (χ2n) is 4.81. The summed E-state index contributed by atoms with van der Waals surface area (Å²) in [5.41, 5.74) is -0.763. The third-order valence-corrected chi connectivity index (χ3v) is 3.60. The molecule has 6 heteroatoms. The Hall–Kier alpha value is -1.80. The monoisotopic (exact) mass is 296 g/mol. The van der Waals surface area contributed by atoms with Crippen LogP contribution in [0.25, 0.3) is 0 Å². The lowest BCUT2D eigenvalue weighted by Crippen LogP contribution is -2.47. The fraction of sp³-hybridized carbons (Fsp3) is 0.429. The average molecular weight is 297 g/mol. The number of nitriles is 1. The maximum absolute atomic E-state index is 13.0. The number of amides is 1. The molecule has 106 valence electrons.